The van der Waals surface area contributed by atoms with Gasteiger partial charge in [-0.1, -0.05) is 22.0 Å². The summed E-state index contributed by atoms with van der Waals surface area (Å²) in [4.78, 5) is 4.55. The van der Waals surface area contributed by atoms with E-state index < -0.39 is 0 Å². The Morgan fingerprint density at radius 3 is 2.50 bits per heavy atom. The highest BCUT2D eigenvalue weighted by atomic mass is 79.9. The second-order valence-corrected chi connectivity index (χ2v) is 7.17. The molecule has 1 aromatic heterocycles. The van der Waals surface area contributed by atoms with Crippen LogP contribution in [0.25, 0.3) is 11.5 Å². The highest BCUT2D eigenvalue weighted by molar-refractivity contribution is 9.10. The summed E-state index contributed by atoms with van der Waals surface area (Å²) in [6, 6.07) is 14.5. The van der Waals surface area contributed by atoms with E-state index in [0.717, 1.165) is 41.9 Å². The molecule has 0 spiro atoms. The van der Waals surface area contributed by atoms with Crippen molar-refractivity contribution in [2.45, 2.75) is 6.54 Å². The van der Waals surface area contributed by atoms with Crippen molar-refractivity contribution in [1.29, 1.82) is 0 Å². The molecule has 2 heterocycles. The topological polar surface area (TPSA) is 45.4 Å². The maximum absolute atomic E-state index is 13.1. The standard InChI is InChI=1S/C19H18BrFN4O/c20-15-3-1-2-14(12-15)19-23-22-18(26-19)13-24-8-10-25(11-9-24)17-6-4-16(21)5-7-17/h1-7,12H,8-11,13H2. The molecule has 1 saturated heterocycles. The Morgan fingerprint density at radius 1 is 1.00 bits per heavy atom. The van der Waals surface area contributed by atoms with E-state index in [2.05, 4.69) is 35.9 Å². The van der Waals surface area contributed by atoms with Gasteiger partial charge in [0.15, 0.2) is 0 Å². The molecule has 7 heteroatoms. The van der Waals surface area contributed by atoms with E-state index in [0.29, 0.717) is 18.3 Å². The van der Waals surface area contributed by atoms with Gasteiger partial charge in [0.1, 0.15) is 5.82 Å². The van der Waals surface area contributed by atoms with Crippen LogP contribution in [0, 0.1) is 5.82 Å². The van der Waals surface area contributed by atoms with Crippen LogP contribution >= 0.6 is 15.9 Å². The summed E-state index contributed by atoms with van der Waals surface area (Å²) in [7, 11) is 0. The van der Waals surface area contributed by atoms with Crippen LogP contribution in [0.3, 0.4) is 0 Å². The molecule has 1 aliphatic heterocycles. The lowest BCUT2D eigenvalue weighted by atomic mass is 10.2. The lowest BCUT2D eigenvalue weighted by Crippen LogP contribution is -2.46. The van der Waals surface area contributed by atoms with Crippen LogP contribution in [0.4, 0.5) is 10.1 Å². The molecule has 134 valence electrons. The van der Waals surface area contributed by atoms with Crippen LogP contribution < -0.4 is 4.90 Å². The summed E-state index contributed by atoms with van der Waals surface area (Å²) in [6.07, 6.45) is 0. The van der Waals surface area contributed by atoms with Crippen LogP contribution in [-0.4, -0.2) is 41.3 Å². The first-order valence-corrected chi connectivity index (χ1v) is 9.28. The number of rotatable bonds is 4. The Kier molecular flexibility index (Phi) is 4.99. The highest BCUT2D eigenvalue weighted by Gasteiger charge is 2.19. The number of hydrogen-bond donors (Lipinski definition) is 0. The molecule has 0 saturated carbocycles. The molecule has 0 amide bonds. The minimum Gasteiger partial charge on any atom is -0.419 e. The Hall–Kier alpha value is -2.25. The molecule has 26 heavy (non-hydrogen) atoms. The van der Waals surface area contributed by atoms with Gasteiger partial charge in [0.05, 0.1) is 6.54 Å². The molecular weight excluding hydrogens is 399 g/mol. The zero-order chi connectivity index (χ0) is 17.9. The second kappa shape index (κ2) is 7.55. The van der Waals surface area contributed by atoms with Crippen LogP contribution in [0.2, 0.25) is 0 Å². The molecule has 1 fully saturated rings. The fourth-order valence-corrected chi connectivity index (χ4v) is 3.46. The Bertz CT molecular complexity index is 875. The molecule has 0 unspecified atom stereocenters. The van der Waals surface area contributed by atoms with Crippen molar-refractivity contribution in [3.05, 3.63) is 64.7 Å². The first-order chi connectivity index (χ1) is 12.7. The van der Waals surface area contributed by atoms with Crippen molar-refractivity contribution >= 4 is 21.6 Å². The predicted molar refractivity (Wildman–Crippen MR) is 101 cm³/mol. The average Bonchev–Trinajstić information content (AvgIpc) is 3.12. The van der Waals surface area contributed by atoms with Crippen LogP contribution in [0.5, 0.6) is 0 Å². The largest absolute Gasteiger partial charge is 0.419 e. The van der Waals surface area contributed by atoms with Gasteiger partial charge in [-0.05, 0) is 42.5 Å². The van der Waals surface area contributed by atoms with Crippen molar-refractivity contribution < 1.29 is 8.81 Å². The third-order valence-corrected chi connectivity index (χ3v) is 4.95. The first kappa shape index (κ1) is 17.2. The minimum atomic E-state index is -0.204. The zero-order valence-electron chi connectivity index (χ0n) is 14.1. The van der Waals surface area contributed by atoms with Gasteiger partial charge in [-0.25, -0.2) is 4.39 Å². The summed E-state index contributed by atoms with van der Waals surface area (Å²) >= 11 is 3.45. The van der Waals surface area contributed by atoms with Gasteiger partial charge >= 0.3 is 0 Å². The van der Waals surface area contributed by atoms with Crippen LogP contribution in [0.1, 0.15) is 5.89 Å². The third-order valence-electron chi connectivity index (χ3n) is 4.46. The Morgan fingerprint density at radius 2 is 1.77 bits per heavy atom. The summed E-state index contributed by atoms with van der Waals surface area (Å²) in [5, 5.41) is 8.33. The summed E-state index contributed by atoms with van der Waals surface area (Å²) in [6.45, 7) is 4.20. The number of hydrogen-bond acceptors (Lipinski definition) is 5. The zero-order valence-corrected chi connectivity index (χ0v) is 15.7. The van der Waals surface area contributed by atoms with Gasteiger partial charge in [-0.15, -0.1) is 10.2 Å². The van der Waals surface area contributed by atoms with E-state index >= 15 is 0 Å². The molecule has 2 aromatic carbocycles. The quantitative estimate of drug-likeness (QED) is 0.643. The molecule has 0 aliphatic carbocycles. The van der Waals surface area contributed by atoms with Crippen molar-refractivity contribution in [3.63, 3.8) is 0 Å². The van der Waals surface area contributed by atoms with Crippen molar-refractivity contribution in [3.8, 4) is 11.5 Å². The van der Waals surface area contributed by atoms with Gasteiger partial charge in [0.25, 0.3) is 0 Å². The van der Waals surface area contributed by atoms with Crippen LogP contribution in [0.15, 0.2) is 57.4 Å². The first-order valence-electron chi connectivity index (χ1n) is 8.48. The van der Waals surface area contributed by atoms with Crippen LogP contribution in [-0.2, 0) is 6.54 Å². The maximum Gasteiger partial charge on any atom is 0.247 e. The fourth-order valence-electron chi connectivity index (χ4n) is 3.06. The van der Waals surface area contributed by atoms with Gasteiger partial charge in [-0.2, -0.15) is 0 Å². The van der Waals surface area contributed by atoms with Gasteiger partial charge in [-0.3, -0.25) is 4.90 Å². The number of benzene rings is 2. The lowest BCUT2D eigenvalue weighted by molar-refractivity contribution is 0.227. The van der Waals surface area contributed by atoms with Crippen molar-refractivity contribution in [2.75, 3.05) is 31.1 Å². The molecule has 1 aliphatic rings. The smallest absolute Gasteiger partial charge is 0.247 e. The van der Waals surface area contributed by atoms with Crippen molar-refractivity contribution in [2.24, 2.45) is 0 Å². The average molecular weight is 417 g/mol. The molecular formula is C19H18BrFN4O. The molecule has 4 rings (SSSR count). The second-order valence-electron chi connectivity index (χ2n) is 6.25. The fraction of sp³-hybridized carbons (Fsp3) is 0.263. The molecule has 3 aromatic rings. The number of halogens is 2. The highest BCUT2D eigenvalue weighted by Crippen LogP contribution is 2.23. The normalized spacial score (nSPS) is 15.4. The Labute approximate surface area is 159 Å². The number of anilines is 1. The SMILES string of the molecule is Fc1ccc(N2CCN(Cc3nnc(-c4cccc(Br)c4)o3)CC2)cc1. The van der Waals surface area contributed by atoms with E-state index in [9.17, 15) is 4.39 Å². The van der Waals surface area contributed by atoms with Gasteiger partial charge < -0.3 is 9.32 Å². The molecule has 0 N–H and O–H groups in total. The third kappa shape index (κ3) is 3.94. The minimum absolute atomic E-state index is 0.204. The number of aromatic nitrogens is 2. The van der Waals surface area contributed by atoms with E-state index in [1.807, 2.05) is 36.4 Å². The summed E-state index contributed by atoms with van der Waals surface area (Å²) in [5.41, 5.74) is 1.96. The van der Waals surface area contributed by atoms with E-state index in [4.69, 9.17) is 4.42 Å². The molecule has 0 radical (unpaired) electrons. The van der Waals surface area contributed by atoms with E-state index in [-0.39, 0.29) is 5.82 Å². The van der Waals surface area contributed by atoms with Gasteiger partial charge in [0, 0.05) is 41.9 Å². The monoisotopic (exact) mass is 416 g/mol. The molecule has 0 bridgehead atoms. The number of piperazine rings is 1. The van der Waals surface area contributed by atoms with Crippen molar-refractivity contribution in [1.82, 2.24) is 15.1 Å². The Balaban J connectivity index is 1.35. The maximum atomic E-state index is 13.1. The number of nitrogens with zero attached hydrogens (tertiary/aromatic N) is 4. The van der Waals surface area contributed by atoms with E-state index in [1.54, 1.807) is 0 Å². The predicted octanol–water partition coefficient (Wildman–Crippen LogP) is 3.96. The van der Waals surface area contributed by atoms with Gasteiger partial charge in [0.2, 0.25) is 11.8 Å². The molecule has 5 nitrogen and oxygen atoms in total. The summed E-state index contributed by atoms with van der Waals surface area (Å²) in [5.74, 6) is 0.950. The molecule has 0 atom stereocenters. The summed E-state index contributed by atoms with van der Waals surface area (Å²) < 4.78 is 19.8. The lowest BCUT2D eigenvalue weighted by Gasteiger charge is -2.35. The van der Waals surface area contributed by atoms with E-state index in [1.165, 1.54) is 12.1 Å².